The van der Waals surface area contributed by atoms with Crippen LogP contribution in [0.1, 0.15) is 55.8 Å². The van der Waals surface area contributed by atoms with Gasteiger partial charge in [0.15, 0.2) is 11.6 Å². The SMILES string of the molecule is CCCCc1nc2c(N)nc3ccccc3c2n1CCCCNC(=O)/C=C/C(=O)c1ccc(N(C)C)cc1.CN(C)c1ccc(/C=C/C(=O)O)cc1.[2HH]. The molecule has 0 radical (unpaired) electrons. The van der Waals surface area contributed by atoms with Gasteiger partial charge in [0.2, 0.25) is 5.91 Å². The molecule has 11 heteroatoms. The molecule has 2 heterocycles. The lowest BCUT2D eigenvalue weighted by Gasteiger charge is -2.11. The van der Waals surface area contributed by atoms with Crippen molar-refractivity contribution in [2.24, 2.45) is 0 Å². The fraction of sp³-hybridized carbons (Fsp3) is 0.293. The number of benzene rings is 3. The number of carboxylic acids is 1. The molecule has 3 aromatic carbocycles. The van der Waals surface area contributed by atoms with Crippen molar-refractivity contribution in [1.82, 2.24) is 19.9 Å². The van der Waals surface area contributed by atoms with Crippen molar-refractivity contribution in [3.63, 3.8) is 0 Å². The first-order chi connectivity index (χ1) is 25.0. The van der Waals surface area contributed by atoms with Crippen LogP contribution in [0.5, 0.6) is 0 Å². The number of rotatable bonds is 15. The number of nitrogens with two attached hydrogens (primary N) is 1. The van der Waals surface area contributed by atoms with Crippen LogP contribution in [0.2, 0.25) is 0 Å². The van der Waals surface area contributed by atoms with Crippen LogP contribution < -0.4 is 20.9 Å². The summed E-state index contributed by atoms with van der Waals surface area (Å²) in [5.74, 6) is 0.0813. The molecule has 0 saturated carbocycles. The summed E-state index contributed by atoms with van der Waals surface area (Å²) in [5, 5.41) is 12.3. The third kappa shape index (κ3) is 10.8. The zero-order chi connectivity index (χ0) is 37.6. The summed E-state index contributed by atoms with van der Waals surface area (Å²) in [6, 6.07) is 23.0. The number of allylic oxidation sites excluding steroid dienone is 1. The van der Waals surface area contributed by atoms with Gasteiger partial charge in [-0.1, -0.05) is 43.7 Å². The van der Waals surface area contributed by atoms with Crippen molar-refractivity contribution in [3.8, 4) is 0 Å². The number of hydrogen-bond acceptors (Lipinski definition) is 8. The average Bonchev–Trinajstić information content (AvgIpc) is 3.51. The number of nitrogens with zero attached hydrogens (tertiary/aromatic N) is 5. The van der Waals surface area contributed by atoms with E-state index in [1.165, 1.54) is 12.2 Å². The van der Waals surface area contributed by atoms with E-state index in [1.807, 2.05) is 92.6 Å². The number of carbonyl (C=O) groups is 3. The summed E-state index contributed by atoms with van der Waals surface area (Å²) >= 11 is 0. The third-order valence-corrected chi connectivity index (χ3v) is 8.43. The maximum atomic E-state index is 12.4. The van der Waals surface area contributed by atoms with Gasteiger partial charge in [-0.25, -0.2) is 14.8 Å². The molecular formula is C41H51N7O4. The Morgan fingerprint density at radius 2 is 1.50 bits per heavy atom. The van der Waals surface area contributed by atoms with Crippen LogP contribution in [0.15, 0.2) is 91.0 Å². The highest BCUT2D eigenvalue weighted by atomic mass is 16.4. The molecule has 0 unspecified atom stereocenters. The van der Waals surface area contributed by atoms with E-state index in [0.717, 1.165) is 89.4 Å². The molecule has 52 heavy (non-hydrogen) atoms. The number of carbonyl (C=O) groups excluding carboxylic acids is 2. The number of aromatic nitrogens is 3. The Morgan fingerprint density at radius 1 is 0.846 bits per heavy atom. The highest BCUT2D eigenvalue weighted by Gasteiger charge is 2.17. The van der Waals surface area contributed by atoms with Gasteiger partial charge in [-0.3, -0.25) is 9.59 Å². The Hall–Kier alpha value is -5.97. The summed E-state index contributed by atoms with van der Waals surface area (Å²) in [5.41, 5.74) is 12.5. The van der Waals surface area contributed by atoms with Gasteiger partial charge in [0.25, 0.3) is 0 Å². The van der Waals surface area contributed by atoms with Crippen LogP contribution in [0, 0.1) is 0 Å². The Balaban J connectivity index is 0.000000425. The number of anilines is 3. The van der Waals surface area contributed by atoms with E-state index in [-0.39, 0.29) is 13.1 Å². The summed E-state index contributed by atoms with van der Waals surface area (Å²) in [6.45, 7) is 3.47. The minimum Gasteiger partial charge on any atom is -0.478 e. The molecule has 0 aliphatic rings. The van der Waals surface area contributed by atoms with Crippen LogP contribution in [-0.4, -0.2) is 72.0 Å². The van der Waals surface area contributed by atoms with Gasteiger partial charge < -0.3 is 30.5 Å². The molecule has 0 saturated heterocycles. The molecule has 4 N–H and O–H groups in total. The van der Waals surface area contributed by atoms with Crippen LogP contribution in [0.25, 0.3) is 28.0 Å². The van der Waals surface area contributed by atoms with Crippen LogP contribution in [-0.2, 0) is 22.6 Å². The number of aryl methyl sites for hydroxylation is 2. The van der Waals surface area contributed by atoms with E-state index in [4.69, 9.17) is 15.8 Å². The lowest BCUT2D eigenvalue weighted by Crippen LogP contribution is -2.22. The smallest absolute Gasteiger partial charge is 0.328 e. The molecule has 5 rings (SSSR count). The maximum absolute atomic E-state index is 12.4. The first-order valence-corrected chi connectivity index (χ1v) is 17.5. The van der Waals surface area contributed by atoms with Crippen molar-refractivity contribution < 1.29 is 20.9 Å². The molecule has 5 aromatic rings. The van der Waals surface area contributed by atoms with Crippen LogP contribution in [0.4, 0.5) is 17.2 Å². The van der Waals surface area contributed by atoms with Crippen molar-refractivity contribution in [2.45, 2.75) is 45.6 Å². The number of pyridine rings is 1. The van der Waals surface area contributed by atoms with Crippen LogP contribution >= 0.6 is 0 Å². The number of carboxylic acid groups (broad SMARTS) is 1. The summed E-state index contributed by atoms with van der Waals surface area (Å²) in [4.78, 5) is 48.2. The van der Waals surface area contributed by atoms with E-state index in [0.29, 0.717) is 17.9 Å². The second kappa shape index (κ2) is 18.9. The zero-order valence-corrected chi connectivity index (χ0v) is 30.7. The van der Waals surface area contributed by atoms with Gasteiger partial charge in [-0.05, 0) is 79.4 Å². The van der Waals surface area contributed by atoms with E-state index in [2.05, 4.69) is 27.9 Å². The average molecular weight is 707 g/mol. The highest BCUT2D eigenvalue weighted by molar-refractivity contribution is 6.08. The van der Waals surface area contributed by atoms with Crippen LogP contribution in [0.3, 0.4) is 0 Å². The van der Waals surface area contributed by atoms with E-state index in [9.17, 15) is 14.4 Å². The number of ketones is 1. The largest absolute Gasteiger partial charge is 0.478 e. The lowest BCUT2D eigenvalue weighted by molar-refractivity contribution is -0.131. The molecule has 0 atom stereocenters. The zero-order valence-electron chi connectivity index (χ0n) is 30.7. The number of hydrogen-bond donors (Lipinski definition) is 3. The molecule has 1 amide bonds. The number of nitrogen functional groups attached to an aromatic ring is 1. The van der Waals surface area contributed by atoms with E-state index in [1.54, 1.807) is 18.2 Å². The van der Waals surface area contributed by atoms with Crippen molar-refractivity contribution in [2.75, 3.05) is 50.3 Å². The first-order valence-electron chi connectivity index (χ1n) is 17.5. The minimum atomic E-state index is -0.929. The van der Waals surface area contributed by atoms with Gasteiger partial charge in [0.05, 0.1) is 11.0 Å². The third-order valence-electron chi connectivity index (χ3n) is 8.43. The van der Waals surface area contributed by atoms with E-state index >= 15 is 0 Å². The quantitative estimate of drug-likeness (QED) is 0.0595. The summed E-state index contributed by atoms with van der Waals surface area (Å²) < 4.78 is 2.27. The molecular weight excluding hydrogens is 654 g/mol. The highest BCUT2D eigenvalue weighted by Crippen LogP contribution is 2.29. The second-order valence-electron chi connectivity index (χ2n) is 12.8. The molecule has 11 nitrogen and oxygen atoms in total. The fourth-order valence-electron chi connectivity index (χ4n) is 5.56. The molecule has 0 spiro atoms. The van der Waals surface area contributed by atoms with Gasteiger partial charge in [-0.2, -0.15) is 0 Å². The predicted octanol–water partition coefficient (Wildman–Crippen LogP) is 7.01. The number of amides is 1. The number of fused-ring (bicyclic) bond motifs is 3. The number of unbranched alkanes of at least 4 members (excludes halogenated alkanes) is 2. The maximum Gasteiger partial charge on any atom is 0.328 e. The van der Waals surface area contributed by atoms with Gasteiger partial charge in [-0.15, -0.1) is 0 Å². The number of imidazole rings is 1. The topological polar surface area (TPSA) is 147 Å². The monoisotopic (exact) mass is 706 g/mol. The number of para-hydroxylation sites is 1. The van der Waals surface area contributed by atoms with Crippen molar-refractivity contribution >= 4 is 62.9 Å². The van der Waals surface area contributed by atoms with Gasteiger partial charge >= 0.3 is 5.97 Å². The molecule has 0 aliphatic heterocycles. The minimum absolute atomic E-state index is 0. The second-order valence-corrected chi connectivity index (χ2v) is 12.8. The Morgan fingerprint density at radius 3 is 2.13 bits per heavy atom. The van der Waals surface area contributed by atoms with Gasteiger partial charge in [0, 0.05) is 83.6 Å². The van der Waals surface area contributed by atoms with E-state index < -0.39 is 5.97 Å². The predicted molar refractivity (Wildman–Crippen MR) is 214 cm³/mol. The Labute approximate surface area is 307 Å². The first kappa shape index (κ1) is 38.8. The number of aliphatic carboxylic acids is 1. The Kier molecular flexibility index (Phi) is 14.1. The molecule has 2 aromatic heterocycles. The number of nitrogens with one attached hydrogen (secondary N) is 1. The fourth-order valence-corrected chi connectivity index (χ4v) is 5.56. The standard InChI is InChI=1S/C30H36N6O2.C11H13NO2.H2/c1-4-5-12-26-34-28-29(23-10-6-7-11-24(23)33-30(28)31)36(26)20-9-8-19-32-27(38)18-17-25(37)21-13-15-22(16-14-21)35(2)3;1-12(2)10-6-3-9(4-7-10)5-8-11(13)14;/h6-7,10-11,13-18H,4-5,8-9,12,19-20H2,1-3H3,(H2,31,33)(H,32,38);3-8H,1-2H3,(H,13,14);1H/b18-17+;8-5+;/i;;1+1. The lowest BCUT2D eigenvalue weighted by atomic mass is 10.1. The Bertz CT molecular complexity index is 2040. The normalized spacial score (nSPS) is 11.2. The summed E-state index contributed by atoms with van der Waals surface area (Å²) in [7, 11) is 7.81. The van der Waals surface area contributed by atoms with Crippen molar-refractivity contribution in [3.05, 3.63) is 108 Å². The molecule has 0 aliphatic carbocycles. The molecule has 0 bridgehead atoms. The molecule has 0 fully saturated rings. The molecule has 274 valence electrons. The summed E-state index contributed by atoms with van der Waals surface area (Å²) in [6.07, 6.45) is 10.0. The van der Waals surface area contributed by atoms with Gasteiger partial charge in [0.1, 0.15) is 11.3 Å². The van der Waals surface area contributed by atoms with Crippen molar-refractivity contribution in [1.29, 1.82) is 0 Å².